The van der Waals surface area contributed by atoms with Crippen LogP contribution in [-0.2, 0) is 14.8 Å². The quantitative estimate of drug-likeness (QED) is 0.249. The van der Waals surface area contributed by atoms with E-state index in [9.17, 15) is 13.2 Å². The van der Waals surface area contributed by atoms with E-state index in [1.807, 2.05) is 24.3 Å². The molecule has 1 N–H and O–H groups in total. The van der Waals surface area contributed by atoms with Gasteiger partial charge in [0.2, 0.25) is 0 Å². The molecule has 154 valence electrons. The molecule has 0 heterocycles. The molecule has 0 aliphatic rings. The summed E-state index contributed by atoms with van der Waals surface area (Å²) in [5, 5.41) is 3.93. The SMILES string of the molecule is O=C(CN(c1cccc(Br)c1)S(=O)(=O)c1ccccc1)N/N=C/c1ccc(I)cc1. The van der Waals surface area contributed by atoms with E-state index in [1.165, 1.54) is 18.3 Å². The zero-order valence-corrected chi connectivity index (χ0v) is 20.1. The summed E-state index contributed by atoms with van der Waals surface area (Å²) in [6, 6.07) is 22.3. The van der Waals surface area contributed by atoms with Crippen LogP contribution < -0.4 is 9.73 Å². The number of carbonyl (C=O) groups excluding carboxylic acids is 1. The molecule has 0 bridgehead atoms. The molecule has 0 aromatic heterocycles. The van der Waals surface area contributed by atoms with Crippen molar-refractivity contribution in [1.82, 2.24) is 5.43 Å². The third kappa shape index (κ3) is 5.89. The maximum Gasteiger partial charge on any atom is 0.264 e. The van der Waals surface area contributed by atoms with Crippen molar-refractivity contribution in [2.24, 2.45) is 5.10 Å². The monoisotopic (exact) mass is 597 g/mol. The van der Waals surface area contributed by atoms with Gasteiger partial charge in [0, 0.05) is 8.04 Å². The molecule has 0 aliphatic heterocycles. The van der Waals surface area contributed by atoms with Crippen LogP contribution in [-0.4, -0.2) is 27.1 Å². The molecule has 6 nitrogen and oxygen atoms in total. The smallest absolute Gasteiger partial charge is 0.264 e. The Labute approximate surface area is 197 Å². The van der Waals surface area contributed by atoms with Crippen molar-refractivity contribution in [2.75, 3.05) is 10.8 Å². The topological polar surface area (TPSA) is 78.8 Å². The van der Waals surface area contributed by atoms with Gasteiger partial charge in [-0.25, -0.2) is 13.8 Å². The third-order valence-corrected chi connectivity index (χ3v) is 6.99. The molecule has 3 aromatic rings. The second-order valence-electron chi connectivity index (χ2n) is 6.15. The van der Waals surface area contributed by atoms with Crippen molar-refractivity contribution in [3.05, 3.63) is 92.5 Å². The summed E-state index contributed by atoms with van der Waals surface area (Å²) < 4.78 is 29.2. The Morgan fingerprint density at radius 2 is 1.73 bits per heavy atom. The van der Waals surface area contributed by atoms with Crippen LogP contribution in [0.2, 0.25) is 0 Å². The van der Waals surface area contributed by atoms with Gasteiger partial charge < -0.3 is 0 Å². The molecule has 0 radical (unpaired) electrons. The number of nitrogens with one attached hydrogen (secondary N) is 1. The Hall–Kier alpha value is -2.24. The summed E-state index contributed by atoms with van der Waals surface area (Å²) in [5.41, 5.74) is 3.58. The number of sulfonamides is 1. The van der Waals surface area contributed by atoms with Gasteiger partial charge in [0.15, 0.2) is 0 Å². The highest BCUT2D eigenvalue weighted by Crippen LogP contribution is 2.26. The van der Waals surface area contributed by atoms with Gasteiger partial charge >= 0.3 is 0 Å². The Morgan fingerprint density at radius 3 is 2.40 bits per heavy atom. The molecule has 0 saturated carbocycles. The summed E-state index contributed by atoms with van der Waals surface area (Å²) in [5.74, 6) is -0.559. The van der Waals surface area contributed by atoms with Crippen molar-refractivity contribution < 1.29 is 13.2 Å². The highest BCUT2D eigenvalue weighted by molar-refractivity contribution is 14.1. The molecule has 30 heavy (non-hydrogen) atoms. The number of hydrogen-bond donors (Lipinski definition) is 1. The molecule has 0 saturated heterocycles. The van der Waals surface area contributed by atoms with E-state index in [1.54, 1.807) is 42.5 Å². The number of anilines is 1. The van der Waals surface area contributed by atoms with Crippen molar-refractivity contribution in [1.29, 1.82) is 0 Å². The van der Waals surface area contributed by atoms with Crippen LogP contribution in [0.3, 0.4) is 0 Å². The highest BCUT2D eigenvalue weighted by Gasteiger charge is 2.27. The number of hydrogen-bond acceptors (Lipinski definition) is 4. The Balaban J connectivity index is 1.82. The summed E-state index contributed by atoms with van der Waals surface area (Å²) in [4.78, 5) is 12.6. The lowest BCUT2D eigenvalue weighted by Gasteiger charge is -2.23. The first-order valence-electron chi connectivity index (χ1n) is 8.77. The van der Waals surface area contributed by atoms with Crippen LogP contribution in [0.5, 0.6) is 0 Å². The summed E-state index contributed by atoms with van der Waals surface area (Å²) in [6.07, 6.45) is 1.50. The van der Waals surface area contributed by atoms with Gasteiger partial charge in [-0.15, -0.1) is 0 Å². The van der Waals surface area contributed by atoms with Gasteiger partial charge in [-0.05, 0) is 70.6 Å². The van der Waals surface area contributed by atoms with Crippen LogP contribution in [0.25, 0.3) is 0 Å². The first-order valence-corrected chi connectivity index (χ1v) is 12.1. The number of benzene rings is 3. The van der Waals surface area contributed by atoms with E-state index in [2.05, 4.69) is 49.0 Å². The minimum atomic E-state index is -3.95. The van der Waals surface area contributed by atoms with Gasteiger partial charge in [0.25, 0.3) is 15.9 Å². The molecule has 3 aromatic carbocycles. The van der Waals surface area contributed by atoms with Crippen LogP contribution in [0.15, 0.2) is 93.3 Å². The van der Waals surface area contributed by atoms with Gasteiger partial charge in [-0.2, -0.15) is 5.10 Å². The summed E-state index contributed by atoms with van der Waals surface area (Å²) in [7, 11) is -3.95. The number of hydrazone groups is 1. The number of amides is 1. The molecular weight excluding hydrogens is 581 g/mol. The fraction of sp³-hybridized carbons (Fsp3) is 0.0476. The lowest BCUT2D eigenvalue weighted by Crippen LogP contribution is -2.39. The van der Waals surface area contributed by atoms with E-state index >= 15 is 0 Å². The standard InChI is InChI=1S/C21H17BrIN3O3S/c22-17-5-4-6-19(13-17)26(30(28,29)20-7-2-1-3-8-20)15-21(27)25-24-14-16-9-11-18(23)12-10-16/h1-14H,15H2,(H,25,27)/b24-14+. The van der Waals surface area contributed by atoms with E-state index in [0.29, 0.717) is 10.2 Å². The molecule has 0 atom stereocenters. The van der Waals surface area contributed by atoms with Crippen LogP contribution in [0.1, 0.15) is 5.56 Å². The Morgan fingerprint density at radius 1 is 1.03 bits per heavy atom. The normalized spacial score (nSPS) is 11.4. The van der Waals surface area contributed by atoms with E-state index in [-0.39, 0.29) is 4.90 Å². The highest BCUT2D eigenvalue weighted by atomic mass is 127. The zero-order chi connectivity index (χ0) is 21.6. The maximum absolute atomic E-state index is 13.2. The van der Waals surface area contributed by atoms with Crippen molar-refractivity contribution in [3.63, 3.8) is 0 Å². The molecule has 0 unspecified atom stereocenters. The minimum Gasteiger partial charge on any atom is -0.271 e. The molecule has 1 amide bonds. The van der Waals surface area contributed by atoms with Crippen molar-refractivity contribution >= 4 is 66.4 Å². The minimum absolute atomic E-state index is 0.0974. The third-order valence-electron chi connectivity index (χ3n) is 3.99. The number of nitrogens with zero attached hydrogens (tertiary/aromatic N) is 2. The Bertz CT molecular complexity index is 1150. The van der Waals surface area contributed by atoms with E-state index in [4.69, 9.17) is 0 Å². The van der Waals surface area contributed by atoms with Crippen molar-refractivity contribution in [3.8, 4) is 0 Å². The van der Waals surface area contributed by atoms with Gasteiger partial charge in [0.1, 0.15) is 6.54 Å². The average Bonchev–Trinajstić information content (AvgIpc) is 2.74. The molecular formula is C21H17BrIN3O3S. The van der Waals surface area contributed by atoms with Gasteiger partial charge in [0.05, 0.1) is 16.8 Å². The largest absolute Gasteiger partial charge is 0.271 e. The number of carbonyl (C=O) groups is 1. The fourth-order valence-electron chi connectivity index (χ4n) is 2.56. The van der Waals surface area contributed by atoms with Gasteiger partial charge in [-0.3, -0.25) is 9.10 Å². The maximum atomic E-state index is 13.2. The van der Waals surface area contributed by atoms with E-state index < -0.39 is 22.5 Å². The van der Waals surface area contributed by atoms with Gasteiger partial charge in [-0.1, -0.05) is 52.3 Å². The van der Waals surface area contributed by atoms with Crippen LogP contribution >= 0.6 is 38.5 Å². The molecule has 0 aliphatic carbocycles. The lowest BCUT2D eigenvalue weighted by atomic mass is 10.2. The first-order chi connectivity index (χ1) is 14.4. The summed E-state index contributed by atoms with van der Waals surface area (Å²) in [6.45, 7) is -0.419. The predicted molar refractivity (Wildman–Crippen MR) is 130 cm³/mol. The summed E-state index contributed by atoms with van der Waals surface area (Å²) >= 11 is 5.54. The predicted octanol–water partition coefficient (Wildman–Crippen LogP) is 4.40. The fourth-order valence-corrected chi connectivity index (χ4v) is 4.74. The molecule has 3 rings (SSSR count). The molecule has 0 spiro atoms. The van der Waals surface area contributed by atoms with Crippen molar-refractivity contribution in [2.45, 2.75) is 4.90 Å². The second kappa shape index (κ2) is 10.2. The number of halogens is 2. The van der Waals surface area contributed by atoms with Crippen LogP contribution in [0.4, 0.5) is 5.69 Å². The Kier molecular flexibility index (Phi) is 7.62. The number of rotatable bonds is 7. The molecule has 0 fully saturated rings. The molecule has 9 heteroatoms. The zero-order valence-electron chi connectivity index (χ0n) is 15.6. The first kappa shape index (κ1) is 22.4. The van der Waals surface area contributed by atoms with E-state index in [0.717, 1.165) is 13.4 Å². The lowest BCUT2D eigenvalue weighted by molar-refractivity contribution is -0.119. The second-order valence-corrected chi connectivity index (χ2v) is 10.2. The average molecular weight is 598 g/mol. The van der Waals surface area contributed by atoms with Crippen LogP contribution in [0, 0.1) is 3.57 Å².